The van der Waals surface area contributed by atoms with Crippen molar-refractivity contribution in [2.45, 2.75) is 24.3 Å². The average Bonchev–Trinajstić information content (AvgIpc) is 3.02. The molecule has 3 N–H and O–H groups in total. The highest BCUT2D eigenvalue weighted by molar-refractivity contribution is 7.99. The van der Waals surface area contributed by atoms with Gasteiger partial charge in [-0.2, -0.15) is 10.1 Å². The monoisotopic (exact) mass is 293 g/mol. The Morgan fingerprint density at radius 3 is 3.05 bits per heavy atom. The Balaban J connectivity index is 1.74. The van der Waals surface area contributed by atoms with E-state index in [0.29, 0.717) is 12.1 Å². The quantitative estimate of drug-likeness (QED) is 0.487. The first-order valence-electron chi connectivity index (χ1n) is 6.28. The fourth-order valence-electron chi connectivity index (χ4n) is 2.08. The van der Waals surface area contributed by atoms with Gasteiger partial charge in [-0.3, -0.25) is 9.89 Å². The molecular formula is C12H15N5O2S. The number of nitrogens with zero attached hydrogens (tertiary/aromatic N) is 3. The van der Waals surface area contributed by atoms with Crippen LogP contribution in [0.5, 0.6) is 0 Å². The fourth-order valence-corrected chi connectivity index (χ4v) is 3.38. The molecule has 2 aromatic heterocycles. The predicted molar refractivity (Wildman–Crippen MR) is 75.1 cm³/mol. The first kappa shape index (κ1) is 13.2. The molecular weight excluding hydrogens is 278 g/mol. The Morgan fingerprint density at radius 2 is 2.35 bits per heavy atom. The lowest BCUT2D eigenvalue weighted by Crippen LogP contribution is -2.13. The summed E-state index contributed by atoms with van der Waals surface area (Å²) in [6.45, 7) is 0. The Labute approximate surface area is 119 Å². The van der Waals surface area contributed by atoms with E-state index in [-0.39, 0.29) is 17.3 Å². The highest BCUT2D eigenvalue weighted by Gasteiger charge is 2.44. The van der Waals surface area contributed by atoms with Crippen LogP contribution in [0.3, 0.4) is 0 Å². The molecule has 3 rings (SSSR count). The molecule has 106 valence electrons. The average molecular weight is 293 g/mol. The van der Waals surface area contributed by atoms with Crippen LogP contribution < -0.4 is 5.73 Å². The van der Waals surface area contributed by atoms with Crippen LogP contribution in [0.1, 0.15) is 19.3 Å². The van der Waals surface area contributed by atoms with Gasteiger partial charge in [0, 0.05) is 5.75 Å². The standard InChI is InChI=1S/C12H15N5O2S/c1-19-8(18)4-12(2-3-12)6-20-10-7-5-14-17-9(7)15-11(13)16-10/h5H,2-4,6H2,1H3,(H3,13,14,15,16,17). The number of nitrogens with one attached hydrogen (secondary N) is 1. The fraction of sp³-hybridized carbons (Fsp3) is 0.500. The number of fused-ring (bicyclic) bond motifs is 1. The smallest absolute Gasteiger partial charge is 0.306 e. The number of methoxy groups -OCH3 is 1. The number of carbonyl (C=O) groups excluding carboxylic acids is 1. The number of esters is 1. The van der Waals surface area contributed by atoms with Crippen molar-refractivity contribution < 1.29 is 9.53 Å². The Morgan fingerprint density at radius 1 is 1.55 bits per heavy atom. The summed E-state index contributed by atoms with van der Waals surface area (Å²) in [4.78, 5) is 19.7. The zero-order chi connectivity index (χ0) is 14.2. The molecule has 0 radical (unpaired) electrons. The normalized spacial score (nSPS) is 16.2. The first-order chi connectivity index (χ1) is 9.62. The minimum Gasteiger partial charge on any atom is -0.469 e. The molecule has 1 aliphatic carbocycles. The van der Waals surface area contributed by atoms with Crippen molar-refractivity contribution in [3.8, 4) is 0 Å². The zero-order valence-corrected chi connectivity index (χ0v) is 11.9. The third-order valence-electron chi connectivity index (χ3n) is 3.51. The van der Waals surface area contributed by atoms with Crippen LogP contribution in [0, 0.1) is 5.41 Å². The molecule has 0 atom stereocenters. The molecule has 0 bridgehead atoms. The van der Waals surface area contributed by atoms with Crippen molar-refractivity contribution in [1.82, 2.24) is 20.2 Å². The summed E-state index contributed by atoms with van der Waals surface area (Å²) in [7, 11) is 1.42. The van der Waals surface area contributed by atoms with E-state index in [1.807, 2.05) is 0 Å². The maximum atomic E-state index is 11.4. The number of hydrogen-bond acceptors (Lipinski definition) is 7. The van der Waals surface area contributed by atoms with E-state index in [1.165, 1.54) is 7.11 Å². The van der Waals surface area contributed by atoms with Gasteiger partial charge in [0.2, 0.25) is 5.95 Å². The third kappa shape index (κ3) is 2.55. The number of H-pyrrole nitrogens is 1. The van der Waals surface area contributed by atoms with E-state index in [4.69, 9.17) is 10.5 Å². The maximum Gasteiger partial charge on any atom is 0.306 e. The van der Waals surface area contributed by atoms with E-state index < -0.39 is 0 Å². The maximum absolute atomic E-state index is 11.4. The minimum atomic E-state index is -0.154. The number of rotatable bonds is 5. The molecule has 2 aromatic rings. The second-order valence-corrected chi connectivity index (χ2v) is 6.02. The lowest BCUT2D eigenvalue weighted by molar-refractivity contribution is -0.141. The third-order valence-corrected chi connectivity index (χ3v) is 4.85. The molecule has 0 spiro atoms. The zero-order valence-electron chi connectivity index (χ0n) is 11.0. The molecule has 20 heavy (non-hydrogen) atoms. The highest BCUT2D eigenvalue weighted by atomic mass is 32.2. The number of nitrogens with two attached hydrogens (primary N) is 1. The number of aromatic amines is 1. The second-order valence-electron chi connectivity index (χ2n) is 5.06. The van der Waals surface area contributed by atoms with Crippen molar-refractivity contribution in [1.29, 1.82) is 0 Å². The topological polar surface area (TPSA) is 107 Å². The molecule has 1 aliphatic rings. The molecule has 0 amide bonds. The number of hydrogen-bond donors (Lipinski definition) is 2. The number of ether oxygens (including phenoxy) is 1. The van der Waals surface area contributed by atoms with Crippen LogP contribution in [0.25, 0.3) is 11.0 Å². The van der Waals surface area contributed by atoms with Crippen LogP contribution in [0.4, 0.5) is 5.95 Å². The van der Waals surface area contributed by atoms with E-state index >= 15 is 0 Å². The van der Waals surface area contributed by atoms with Crippen LogP contribution in [0.15, 0.2) is 11.2 Å². The van der Waals surface area contributed by atoms with Gasteiger partial charge >= 0.3 is 5.97 Å². The van der Waals surface area contributed by atoms with E-state index in [2.05, 4.69) is 20.2 Å². The number of anilines is 1. The van der Waals surface area contributed by atoms with Gasteiger partial charge < -0.3 is 10.5 Å². The van der Waals surface area contributed by atoms with Gasteiger partial charge in [0.15, 0.2) is 5.65 Å². The SMILES string of the molecule is COC(=O)CC1(CSc2nc(N)nc3[nH]ncc23)CC1. The number of thioether (sulfide) groups is 1. The summed E-state index contributed by atoms with van der Waals surface area (Å²) < 4.78 is 4.75. The Kier molecular flexibility index (Phi) is 3.25. The van der Waals surface area contributed by atoms with Crippen molar-refractivity contribution >= 4 is 34.7 Å². The molecule has 1 saturated carbocycles. The lowest BCUT2D eigenvalue weighted by Gasteiger charge is -2.12. The summed E-state index contributed by atoms with van der Waals surface area (Å²) in [5.41, 5.74) is 6.37. The van der Waals surface area contributed by atoms with Crippen molar-refractivity contribution in [2.24, 2.45) is 5.41 Å². The highest BCUT2D eigenvalue weighted by Crippen LogP contribution is 2.52. The van der Waals surface area contributed by atoms with E-state index in [0.717, 1.165) is 29.0 Å². The van der Waals surface area contributed by atoms with Crippen molar-refractivity contribution in [3.05, 3.63) is 6.20 Å². The molecule has 7 nitrogen and oxygen atoms in total. The number of nitrogen functional groups attached to an aromatic ring is 1. The number of aromatic nitrogens is 4. The van der Waals surface area contributed by atoms with Gasteiger partial charge in [0.25, 0.3) is 0 Å². The van der Waals surface area contributed by atoms with E-state index in [1.54, 1.807) is 18.0 Å². The summed E-state index contributed by atoms with van der Waals surface area (Å²) in [5.74, 6) is 0.888. The lowest BCUT2D eigenvalue weighted by atomic mass is 10.1. The first-order valence-corrected chi connectivity index (χ1v) is 7.27. The van der Waals surface area contributed by atoms with Crippen LogP contribution in [0.2, 0.25) is 0 Å². The Hall–Kier alpha value is -1.83. The molecule has 2 heterocycles. The molecule has 0 aromatic carbocycles. The summed E-state index contributed by atoms with van der Waals surface area (Å²) in [5, 5.41) is 8.40. The largest absolute Gasteiger partial charge is 0.469 e. The Bertz CT molecular complexity index is 652. The molecule has 0 aliphatic heterocycles. The minimum absolute atomic E-state index is 0.0491. The van der Waals surface area contributed by atoms with Gasteiger partial charge in [0.1, 0.15) is 5.03 Å². The number of carbonyl (C=O) groups is 1. The van der Waals surface area contributed by atoms with Gasteiger partial charge in [-0.25, -0.2) is 4.98 Å². The molecule has 0 saturated heterocycles. The van der Waals surface area contributed by atoms with Gasteiger partial charge in [-0.1, -0.05) is 0 Å². The van der Waals surface area contributed by atoms with Gasteiger partial charge in [-0.15, -0.1) is 11.8 Å². The van der Waals surface area contributed by atoms with Gasteiger partial charge in [-0.05, 0) is 18.3 Å². The summed E-state index contributed by atoms with van der Waals surface area (Å²) >= 11 is 1.59. The van der Waals surface area contributed by atoms with Crippen LogP contribution >= 0.6 is 11.8 Å². The van der Waals surface area contributed by atoms with Crippen LogP contribution in [-0.2, 0) is 9.53 Å². The van der Waals surface area contributed by atoms with Crippen LogP contribution in [-0.4, -0.2) is 39.0 Å². The molecule has 8 heteroatoms. The van der Waals surface area contributed by atoms with Crippen molar-refractivity contribution in [2.75, 3.05) is 18.6 Å². The summed E-state index contributed by atoms with van der Waals surface area (Å²) in [6.07, 6.45) is 4.25. The van der Waals surface area contributed by atoms with E-state index in [9.17, 15) is 4.79 Å². The second kappa shape index (κ2) is 4.93. The van der Waals surface area contributed by atoms with Gasteiger partial charge in [0.05, 0.1) is 25.1 Å². The molecule has 1 fully saturated rings. The summed E-state index contributed by atoms with van der Waals surface area (Å²) in [6, 6.07) is 0. The molecule has 0 unspecified atom stereocenters. The predicted octanol–water partition coefficient (Wildman–Crippen LogP) is 1.37. The van der Waals surface area contributed by atoms with Crippen molar-refractivity contribution in [3.63, 3.8) is 0 Å².